The highest BCUT2D eigenvalue weighted by Crippen LogP contribution is 2.28. The molecule has 2 aromatic heterocycles. The van der Waals surface area contributed by atoms with Gasteiger partial charge in [-0.25, -0.2) is 9.67 Å². The molecule has 0 fully saturated rings. The molecular formula is C14H8Cl3N3. The van der Waals surface area contributed by atoms with Gasteiger partial charge in [0.15, 0.2) is 5.82 Å². The Morgan fingerprint density at radius 3 is 2.40 bits per heavy atom. The lowest BCUT2D eigenvalue weighted by atomic mass is 10.1. The molecule has 20 heavy (non-hydrogen) atoms. The van der Waals surface area contributed by atoms with Crippen molar-refractivity contribution in [1.29, 1.82) is 0 Å². The summed E-state index contributed by atoms with van der Waals surface area (Å²) in [5, 5.41) is 5.17. The molecule has 0 amide bonds. The minimum atomic E-state index is 0.197. The molecule has 2 heterocycles. The van der Waals surface area contributed by atoms with E-state index in [1.165, 1.54) is 0 Å². The van der Waals surface area contributed by atoms with E-state index < -0.39 is 0 Å². The summed E-state index contributed by atoms with van der Waals surface area (Å²) in [5.74, 6) is 0.447. The SMILES string of the molecule is Clc1cc(Cl)c(-n2cc(-c3ccccc3)cn2)nc1Cl. The molecule has 0 N–H and O–H groups in total. The lowest BCUT2D eigenvalue weighted by Crippen LogP contribution is -1.99. The van der Waals surface area contributed by atoms with Crippen molar-refractivity contribution in [3.8, 4) is 16.9 Å². The minimum Gasteiger partial charge on any atom is -0.220 e. The van der Waals surface area contributed by atoms with E-state index in [4.69, 9.17) is 34.8 Å². The van der Waals surface area contributed by atoms with Crippen LogP contribution in [-0.4, -0.2) is 14.8 Å². The maximum Gasteiger partial charge on any atom is 0.173 e. The van der Waals surface area contributed by atoms with Crippen LogP contribution in [0.25, 0.3) is 16.9 Å². The van der Waals surface area contributed by atoms with Gasteiger partial charge < -0.3 is 0 Å². The summed E-state index contributed by atoms with van der Waals surface area (Å²) >= 11 is 17.9. The monoisotopic (exact) mass is 323 g/mol. The molecule has 0 bridgehead atoms. The van der Waals surface area contributed by atoms with Crippen LogP contribution in [0, 0.1) is 0 Å². The fourth-order valence-electron chi connectivity index (χ4n) is 1.81. The predicted molar refractivity (Wildman–Crippen MR) is 81.8 cm³/mol. The Hall–Kier alpha value is -1.55. The molecule has 0 aliphatic heterocycles. The van der Waals surface area contributed by atoms with Crippen LogP contribution >= 0.6 is 34.8 Å². The van der Waals surface area contributed by atoms with Crippen molar-refractivity contribution in [1.82, 2.24) is 14.8 Å². The van der Waals surface area contributed by atoms with E-state index in [2.05, 4.69) is 10.1 Å². The van der Waals surface area contributed by atoms with Gasteiger partial charge in [0, 0.05) is 11.8 Å². The first-order chi connectivity index (χ1) is 9.65. The molecule has 0 unspecified atom stereocenters. The number of benzene rings is 1. The third-order valence-electron chi connectivity index (χ3n) is 2.77. The first-order valence-corrected chi connectivity index (χ1v) is 6.90. The number of rotatable bonds is 2. The van der Waals surface area contributed by atoms with E-state index in [-0.39, 0.29) is 5.15 Å². The molecule has 0 spiro atoms. The quantitative estimate of drug-likeness (QED) is 0.628. The summed E-state index contributed by atoms with van der Waals surface area (Å²) < 4.78 is 1.58. The molecule has 3 nitrogen and oxygen atoms in total. The second-order valence-electron chi connectivity index (χ2n) is 4.11. The topological polar surface area (TPSA) is 30.7 Å². The lowest BCUT2D eigenvalue weighted by Gasteiger charge is -2.04. The zero-order valence-corrected chi connectivity index (χ0v) is 12.4. The maximum absolute atomic E-state index is 6.12. The predicted octanol–water partition coefficient (Wildman–Crippen LogP) is 4.89. The maximum atomic E-state index is 6.12. The first-order valence-electron chi connectivity index (χ1n) is 5.77. The van der Waals surface area contributed by atoms with Gasteiger partial charge in [-0.15, -0.1) is 0 Å². The number of halogens is 3. The smallest absolute Gasteiger partial charge is 0.173 e. The van der Waals surface area contributed by atoms with Crippen LogP contribution in [0.1, 0.15) is 0 Å². The van der Waals surface area contributed by atoms with Gasteiger partial charge in [0.1, 0.15) is 5.15 Å². The van der Waals surface area contributed by atoms with E-state index in [9.17, 15) is 0 Å². The van der Waals surface area contributed by atoms with Crippen LogP contribution in [0.5, 0.6) is 0 Å². The van der Waals surface area contributed by atoms with Crippen molar-refractivity contribution in [2.24, 2.45) is 0 Å². The minimum absolute atomic E-state index is 0.197. The molecule has 0 saturated heterocycles. The number of pyridine rings is 1. The van der Waals surface area contributed by atoms with Gasteiger partial charge in [-0.3, -0.25) is 0 Å². The van der Waals surface area contributed by atoms with Crippen molar-refractivity contribution in [2.45, 2.75) is 0 Å². The van der Waals surface area contributed by atoms with Gasteiger partial charge in [0.25, 0.3) is 0 Å². The largest absolute Gasteiger partial charge is 0.220 e. The van der Waals surface area contributed by atoms with Crippen LogP contribution in [0.2, 0.25) is 15.2 Å². The Morgan fingerprint density at radius 2 is 1.65 bits per heavy atom. The fourth-order valence-corrected chi connectivity index (χ4v) is 2.39. The van der Waals surface area contributed by atoms with E-state index in [1.54, 1.807) is 16.9 Å². The molecule has 0 aliphatic rings. The number of hydrogen-bond acceptors (Lipinski definition) is 2. The van der Waals surface area contributed by atoms with Crippen LogP contribution < -0.4 is 0 Å². The van der Waals surface area contributed by atoms with Crippen molar-refractivity contribution in [3.05, 3.63) is 64.0 Å². The highest BCUT2D eigenvalue weighted by atomic mass is 35.5. The summed E-state index contributed by atoms with van der Waals surface area (Å²) in [7, 11) is 0. The zero-order chi connectivity index (χ0) is 14.1. The van der Waals surface area contributed by atoms with Crippen LogP contribution in [-0.2, 0) is 0 Å². The highest BCUT2D eigenvalue weighted by Gasteiger charge is 2.11. The van der Waals surface area contributed by atoms with Crippen LogP contribution in [0.15, 0.2) is 48.8 Å². The molecule has 3 aromatic rings. The van der Waals surface area contributed by atoms with E-state index >= 15 is 0 Å². The van der Waals surface area contributed by atoms with Crippen molar-refractivity contribution < 1.29 is 0 Å². The summed E-state index contributed by atoms with van der Waals surface area (Å²) in [6.45, 7) is 0. The molecule has 0 radical (unpaired) electrons. The third-order valence-corrected chi connectivity index (χ3v) is 3.73. The molecule has 0 atom stereocenters. The molecule has 6 heteroatoms. The molecule has 3 rings (SSSR count). The Labute approximate surface area is 130 Å². The van der Waals surface area contributed by atoms with E-state index in [0.29, 0.717) is 15.9 Å². The summed E-state index contributed by atoms with van der Waals surface area (Å²) in [6.07, 6.45) is 3.59. The molecule has 0 saturated carbocycles. The lowest BCUT2D eigenvalue weighted by molar-refractivity contribution is 0.847. The van der Waals surface area contributed by atoms with Crippen molar-refractivity contribution in [2.75, 3.05) is 0 Å². The third kappa shape index (κ3) is 2.52. The van der Waals surface area contributed by atoms with E-state index in [0.717, 1.165) is 11.1 Å². The van der Waals surface area contributed by atoms with Crippen molar-refractivity contribution >= 4 is 34.8 Å². The average Bonchev–Trinajstić information content (AvgIpc) is 2.93. The number of nitrogens with zero attached hydrogens (tertiary/aromatic N) is 3. The normalized spacial score (nSPS) is 10.8. The molecule has 100 valence electrons. The second-order valence-corrected chi connectivity index (χ2v) is 5.28. The Bertz CT molecular complexity index is 754. The first kappa shape index (κ1) is 13.4. The highest BCUT2D eigenvalue weighted by molar-refractivity contribution is 6.42. The standard InChI is InChI=1S/C14H8Cl3N3/c15-11-6-12(16)14(19-13(11)17)20-8-10(7-18-20)9-4-2-1-3-5-9/h1-8H. The van der Waals surface area contributed by atoms with Gasteiger partial charge in [-0.1, -0.05) is 65.1 Å². The zero-order valence-electron chi connectivity index (χ0n) is 10.1. The Kier molecular flexibility index (Phi) is 3.66. The summed E-state index contributed by atoms with van der Waals surface area (Å²) in [4.78, 5) is 4.15. The second kappa shape index (κ2) is 5.44. The molecular weight excluding hydrogens is 317 g/mol. The molecule has 0 aliphatic carbocycles. The fraction of sp³-hybridized carbons (Fsp3) is 0. The van der Waals surface area contributed by atoms with Gasteiger partial charge >= 0.3 is 0 Å². The number of hydrogen-bond donors (Lipinski definition) is 0. The average molecular weight is 325 g/mol. The Balaban J connectivity index is 2.05. The summed E-state index contributed by atoms with van der Waals surface area (Å²) in [6, 6.07) is 11.5. The van der Waals surface area contributed by atoms with Crippen LogP contribution in [0.3, 0.4) is 0 Å². The van der Waals surface area contributed by atoms with Crippen molar-refractivity contribution in [3.63, 3.8) is 0 Å². The molecule has 1 aromatic carbocycles. The van der Waals surface area contributed by atoms with Crippen LogP contribution in [0.4, 0.5) is 0 Å². The summed E-state index contributed by atoms with van der Waals surface area (Å²) in [5.41, 5.74) is 2.03. The van der Waals surface area contributed by atoms with Gasteiger partial charge in [0.2, 0.25) is 0 Å². The number of aromatic nitrogens is 3. The van der Waals surface area contributed by atoms with Gasteiger partial charge in [0.05, 0.1) is 16.2 Å². The van der Waals surface area contributed by atoms with Gasteiger partial charge in [-0.2, -0.15) is 5.10 Å². The van der Waals surface area contributed by atoms with Gasteiger partial charge in [-0.05, 0) is 11.6 Å². The van der Waals surface area contributed by atoms with E-state index in [1.807, 2.05) is 36.5 Å². The Morgan fingerprint density at radius 1 is 0.900 bits per heavy atom.